The van der Waals surface area contributed by atoms with Crippen molar-refractivity contribution in [3.63, 3.8) is 0 Å². The number of fused-ring (bicyclic) bond motifs is 1. The van der Waals surface area contributed by atoms with Gasteiger partial charge < -0.3 is 19.3 Å². The first-order chi connectivity index (χ1) is 18.0. The van der Waals surface area contributed by atoms with E-state index in [4.69, 9.17) is 14.2 Å². The van der Waals surface area contributed by atoms with Crippen molar-refractivity contribution >= 4 is 41.2 Å². The van der Waals surface area contributed by atoms with Crippen LogP contribution < -0.4 is 10.1 Å². The van der Waals surface area contributed by atoms with Gasteiger partial charge in [-0.25, -0.2) is 4.79 Å². The predicted octanol–water partition coefficient (Wildman–Crippen LogP) is 6.15. The third-order valence-electron chi connectivity index (χ3n) is 5.66. The van der Waals surface area contributed by atoms with E-state index in [9.17, 15) is 14.7 Å². The van der Waals surface area contributed by atoms with Crippen LogP contribution >= 0.6 is 12.6 Å². The maximum atomic E-state index is 13.1. The van der Waals surface area contributed by atoms with Crippen molar-refractivity contribution in [2.75, 3.05) is 17.7 Å². The second-order valence-electron chi connectivity index (χ2n) is 8.17. The number of benzene rings is 4. The van der Waals surface area contributed by atoms with Crippen LogP contribution in [0.15, 0.2) is 97.1 Å². The largest absolute Gasteiger partial charge is 0.507 e. The van der Waals surface area contributed by atoms with Gasteiger partial charge >= 0.3 is 12.1 Å². The molecule has 2 N–H and O–H groups in total. The molecular formula is C29H27NO6S. The maximum Gasteiger partial charge on any atom is 0.412 e. The zero-order chi connectivity index (χ0) is 26.0. The van der Waals surface area contributed by atoms with E-state index in [2.05, 4.69) is 17.9 Å². The van der Waals surface area contributed by atoms with Gasteiger partial charge in [0.2, 0.25) is 0 Å². The van der Waals surface area contributed by atoms with Crippen molar-refractivity contribution in [3.05, 3.63) is 103 Å². The van der Waals surface area contributed by atoms with E-state index in [-0.39, 0.29) is 24.5 Å². The summed E-state index contributed by atoms with van der Waals surface area (Å²) in [6, 6.07) is 28.6. The summed E-state index contributed by atoms with van der Waals surface area (Å²) in [4.78, 5) is 24.8. The molecule has 0 aliphatic carbocycles. The minimum atomic E-state index is -0.913. The van der Waals surface area contributed by atoms with Gasteiger partial charge in [-0.1, -0.05) is 66.7 Å². The van der Waals surface area contributed by atoms with Crippen molar-refractivity contribution in [1.29, 1.82) is 0 Å². The fourth-order valence-electron chi connectivity index (χ4n) is 3.96. The summed E-state index contributed by atoms with van der Waals surface area (Å²) in [6.45, 7) is 0.0348. The average Bonchev–Trinajstić information content (AvgIpc) is 2.93. The van der Waals surface area contributed by atoms with Crippen molar-refractivity contribution in [1.82, 2.24) is 0 Å². The lowest BCUT2D eigenvalue weighted by atomic mass is 9.95. The van der Waals surface area contributed by atoms with E-state index < -0.39 is 24.3 Å². The Labute approximate surface area is 220 Å². The summed E-state index contributed by atoms with van der Waals surface area (Å²) in [7, 11) is 0. The highest BCUT2D eigenvalue weighted by molar-refractivity contribution is 7.81. The number of anilines is 1. The molecule has 0 aliphatic rings. The average molecular weight is 518 g/mol. The summed E-state index contributed by atoms with van der Waals surface area (Å²) in [5, 5.41) is 14.5. The lowest BCUT2D eigenvalue weighted by molar-refractivity contribution is -0.141. The molecule has 1 amide bonds. The fraction of sp³-hybridized carbons (Fsp3) is 0.172. The van der Waals surface area contributed by atoms with E-state index in [1.165, 1.54) is 0 Å². The second-order valence-corrected chi connectivity index (χ2v) is 8.49. The van der Waals surface area contributed by atoms with Crippen LogP contribution in [0.2, 0.25) is 0 Å². The van der Waals surface area contributed by atoms with E-state index in [0.717, 1.165) is 0 Å². The Morgan fingerprint density at radius 1 is 0.838 bits per heavy atom. The smallest absolute Gasteiger partial charge is 0.412 e. The van der Waals surface area contributed by atoms with Crippen LogP contribution in [-0.4, -0.2) is 35.6 Å². The summed E-state index contributed by atoms with van der Waals surface area (Å²) in [5.41, 5.74) is 1.21. The van der Waals surface area contributed by atoms with Crippen molar-refractivity contribution in [2.24, 2.45) is 0 Å². The Kier molecular flexibility index (Phi) is 8.89. The highest BCUT2D eigenvalue weighted by atomic mass is 32.1. The molecule has 7 nitrogen and oxygen atoms in total. The van der Waals surface area contributed by atoms with E-state index >= 15 is 0 Å². The van der Waals surface area contributed by atoms with Gasteiger partial charge in [0.25, 0.3) is 0 Å². The molecule has 0 heterocycles. The number of para-hydroxylation sites is 2. The molecule has 4 aromatic carbocycles. The SMILES string of the molecule is O=C(CS)OCC[C@H](Oc1ccccc1)[C@@H](OC(=O)Nc1ccccc1)c1ccc(O)c2ccccc12. The number of carbonyl (C=O) groups is 2. The molecule has 8 heteroatoms. The number of phenolic OH excluding ortho intramolecular Hbond substituents is 1. The molecule has 4 aromatic rings. The second kappa shape index (κ2) is 12.7. The van der Waals surface area contributed by atoms with E-state index in [1.807, 2.05) is 42.5 Å². The van der Waals surface area contributed by atoms with Gasteiger partial charge in [-0.15, -0.1) is 0 Å². The topological polar surface area (TPSA) is 94.1 Å². The lowest BCUT2D eigenvalue weighted by Crippen LogP contribution is -2.32. The summed E-state index contributed by atoms with van der Waals surface area (Å²) in [5.74, 6) is 0.158. The number of amides is 1. The first-order valence-corrected chi connectivity index (χ1v) is 12.4. The third kappa shape index (κ3) is 6.95. The Morgan fingerprint density at radius 3 is 2.19 bits per heavy atom. The number of ether oxygens (including phenoxy) is 3. The summed E-state index contributed by atoms with van der Waals surface area (Å²) >= 11 is 3.95. The molecule has 2 atom stereocenters. The number of phenols is 1. The summed E-state index contributed by atoms with van der Waals surface area (Å²) in [6.07, 6.45) is -2.09. The monoisotopic (exact) mass is 517 g/mol. The lowest BCUT2D eigenvalue weighted by Gasteiger charge is -2.29. The Morgan fingerprint density at radius 2 is 1.49 bits per heavy atom. The Hall–Kier alpha value is -4.17. The molecule has 0 saturated carbocycles. The number of esters is 1. The Bertz CT molecular complexity index is 1330. The number of hydrogen-bond acceptors (Lipinski definition) is 7. The number of carbonyl (C=O) groups excluding carboxylic acids is 2. The molecule has 190 valence electrons. The minimum Gasteiger partial charge on any atom is -0.507 e. The quantitative estimate of drug-likeness (QED) is 0.173. The van der Waals surface area contributed by atoms with Gasteiger partial charge in [-0.05, 0) is 35.7 Å². The molecule has 4 rings (SSSR count). The van der Waals surface area contributed by atoms with Crippen LogP contribution in [0.3, 0.4) is 0 Å². The molecule has 0 aliphatic heterocycles. The van der Waals surface area contributed by atoms with E-state index in [1.54, 1.807) is 54.6 Å². The zero-order valence-corrected chi connectivity index (χ0v) is 20.8. The Balaban J connectivity index is 1.72. The van der Waals surface area contributed by atoms with Crippen molar-refractivity contribution in [3.8, 4) is 11.5 Å². The highest BCUT2D eigenvalue weighted by Crippen LogP contribution is 2.36. The van der Waals surface area contributed by atoms with Crippen LogP contribution in [0, 0.1) is 0 Å². The predicted molar refractivity (Wildman–Crippen MR) is 145 cm³/mol. The number of hydrogen-bond donors (Lipinski definition) is 3. The van der Waals surface area contributed by atoms with Crippen LogP contribution in [0.1, 0.15) is 18.1 Å². The van der Waals surface area contributed by atoms with Gasteiger partial charge in [0.1, 0.15) is 17.6 Å². The third-order valence-corrected chi connectivity index (χ3v) is 5.92. The van der Waals surface area contributed by atoms with Crippen LogP contribution in [-0.2, 0) is 14.3 Å². The van der Waals surface area contributed by atoms with E-state index in [0.29, 0.717) is 27.8 Å². The van der Waals surface area contributed by atoms with Gasteiger partial charge in [0.05, 0.1) is 12.4 Å². The molecule has 37 heavy (non-hydrogen) atoms. The van der Waals surface area contributed by atoms with Crippen LogP contribution in [0.5, 0.6) is 11.5 Å². The standard InChI is InChI=1S/C29H27NO6S/c31-25-16-15-24(22-13-7-8-14-23(22)25)28(36-29(33)30-20-9-3-1-4-10-20)26(17-18-34-27(32)19-37)35-21-11-5-2-6-12-21/h1-16,26,28,31,37H,17-19H2,(H,30,33)/t26-,28-/m0/s1. The van der Waals surface area contributed by atoms with Crippen LogP contribution in [0.25, 0.3) is 10.8 Å². The fourth-order valence-corrected chi connectivity index (χ4v) is 4.05. The molecule has 0 aromatic heterocycles. The zero-order valence-electron chi connectivity index (χ0n) is 19.9. The van der Waals surface area contributed by atoms with Gasteiger partial charge in [0, 0.05) is 23.1 Å². The first kappa shape index (κ1) is 25.9. The molecule has 0 radical (unpaired) electrons. The first-order valence-electron chi connectivity index (χ1n) is 11.8. The van der Waals surface area contributed by atoms with Gasteiger partial charge in [0.15, 0.2) is 6.10 Å². The maximum absolute atomic E-state index is 13.1. The van der Waals surface area contributed by atoms with Crippen molar-refractivity contribution in [2.45, 2.75) is 18.6 Å². The normalized spacial score (nSPS) is 12.4. The van der Waals surface area contributed by atoms with Gasteiger partial charge in [-0.2, -0.15) is 12.6 Å². The van der Waals surface area contributed by atoms with Crippen molar-refractivity contribution < 1.29 is 28.9 Å². The highest BCUT2D eigenvalue weighted by Gasteiger charge is 2.31. The summed E-state index contributed by atoms with van der Waals surface area (Å²) < 4.78 is 17.6. The molecule has 0 fully saturated rings. The molecule has 0 bridgehead atoms. The number of thiol groups is 1. The van der Waals surface area contributed by atoms with Crippen LogP contribution in [0.4, 0.5) is 10.5 Å². The molecule has 0 saturated heterocycles. The molecule has 0 unspecified atom stereocenters. The molecule has 0 spiro atoms. The molecular weight excluding hydrogens is 490 g/mol. The number of aromatic hydroxyl groups is 1. The number of rotatable bonds is 10. The van der Waals surface area contributed by atoms with Gasteiger partial charge in [-0.3, -0.25) is 10.1 Å². The number of nitrogens with one attached hydrogen (secondary N) is 1. The minimum absolute atomic E-state index is 0.0348.